The van der Waals surface area contributed by atoms with Crippen LogP contribution in [0.25, 0.3) is 11.1 Å². The highest BCUT2D eigenvalue weighted by atomic mass is 32.2. The van der Waals surface area contributed by atoms with Crippen LogP contribution < -0.4 is 0 Å². The molecule has 2 unspecified atom stereocenters. The van der Waals surface area contributed by atoms with E-state index in [0.29, 0.717) is 23.1 Å². The molecular weight excluding hydrogens is 407 g/mol. The van der Waals surface area contributed by atoms with Gasteiger partial charge in [-0.2, -0.15) is 0 Å². The normalized spacial score (nSPS) is 23.6. The maximum atomic E-state index is 15.1. The molecule has 2 aromatic rings. The molecule has 0 aliphatic carbocycles. The molecule has 2 atom stereocenters. The maximum absolute atomic E-state index is 15.1. The van der Waals surface area contributed by atoms with Crippen molar-refractivity contribution in [2.24, 2.45) is 10.9 Å². The second-order valence-corrected chi connectivity index (χ2v) is 9.44. The van der Waals surface area contributed by atoms with Crippen LogP contribution in [0, 0.1) is 11.7 Å². The number of aromatic nitrogens is 2. The Balaban J connectivity index is 1.86. The molecule has 0 bridgehead atoms. The zero-order chi connectivity index (χ0) is 21.5. The van der Waals surface area contributed by atoms with Crippen molar-refractivity contribution in [1.82, 2.24) is 14.9 Å². The Morgan fingerprint density at radius 3 is 2.70 bits per heavy atom. The van der Waals surface area contributed by atoms with Gasteiger partial charge in [-0.05, 0) is 38.5 Å². The average molecular weight is 431 g/mol. The fraction of sp³-hybridized carbons (Fsp3) is 0.429. The van der Waals surface area contributed by atoms with E-state index in [9.17, 15) is 9.90 Å². The molecule has 158 valence electrons. The summed E-state index contributed by atoms with van der Waals surface area (Å²) < 4.78 is 20.9. The molecular formula is C21H23FN4O3S. The van der Waals surface area contributed by atoms with Crippen LogP contribution in [0.1, 0.15) is 26.3 Å². The van der Waals surface area contributed by atoms with Gasteiger partial charge in [0.05, 0.1) is 13.2 Å². The van der Waals surface area contributed by atoms with E-state index in [1.165, 1.54) is 29.1 Å². The number of halogens is 1. The minimum Gasteiger partial charge on any atom is -0.465 e. The van der Waals surface area contributed by atoms with Crippen molar-refractivity contribution in [2.75, 3.05) is 19.0 Å². The summed E-state index contributed by atoms with van der Waals surface area (Å²) >= 11 is 1.38. The molecule has 3 heterocycles. The lowest BCUT2D eigenvalue weighted by Gasteiger charge is -2.40. The molecule has 1 aromatic carbocycles. The third-order valence-electron chi connectivity index (χ3n) is 5.41. The number of hydrogen-bond donors (Lipinski definition) is 1. The summed E-state index contributed by atoms with van der Waals surface area (Å²) in [5.41, 5.74) is 0.278. The van der Waals surface area contributed by atoms with Crippen LogP contribution >= 0.6 is 11.8 Å². The van der Waals surface area contributed by atoms with E-state index >= 15 is 4.39 Å². The Bertz CT molecular complexity index is 995. The molecule has 2 aliphatic rings. The Morgan fingerprint density at radius 2 is 2.03 bits per heavy atom. The van der Waals surface area contributed by atoms with E-state index in [2.05, 4.69) is 9.97 Å². The van der Waals surface area contributed by atoms with Crippen molar-refractivity contribution in [3.63, 3.8) is 0 Å². The van der Waals surface area contributed by atoms with E-state index in [0.717, 1.165) is 11.1 Å². The Hall–Kier alpha value is -2.52. The second-order valence-electron chi connectivity index (χ2n) is 8.45. The van der Waals surface area contributed by atoms with Gasteiger partial charge in [0.15, 0.2) is 5.17 Å². The molecule has 9 heteroatoms. The quantitative estimate of drug-likeness (QED) is 0.775. The number of benzene rings is 1. The van der Waals surface area contributed by atoms with Crippen LogP contribution in [0.3, 0.4) is 0 Å². The first-order chi connectivity index (χ1) is 14.2. The SMILES string of the molecule is CC(C)(C)N(C(=O)O)C1=NC2(c3cc(-c4cncnc4)ccc3F)COCC2CS1. The van der Waals surface area contributed by atoms with Gasteiger partial charge >= 0.3 is 6.09 Å². The van der Waals surface area contributed by atoms with Gasteiger partial charge in [0.1, 0.15) is 17.7 Å². The molecule has 4 rings (SSSR count). The fourth-order valence-electron chi connectivity index (χ4n) is 3.91. The number of carboxylic acid groups (broad SMARTS) is 1. The van der Waals surface area contributed by atoms with Gasteiger partial charge in [0.2, 0.25) is 0 Å². The highest BCUT2D eigenvalue weighted by Crippen LogP contribution is 2.47. The van der Waals surface area contributed by atoms with Crippen molar-refractivity contribution >= 4 is 23.0 Å². The van der Waals surface area contributed by atoms with E-state index in [1.54, 1.807) is 24.5 Å². The van der Waals surface area contributed by atoms with Gasteiger partial charge in [-0.25, -0.2) is 24.1 Å². The Labute approximate surface area is 178 Å². The predicted molar refractivity (Wildman–Crippen MR) is 113 cm³/mol. The zero-order valence-electron chi connectivity index (χ0n) is 17.0. The van der Waals surface area contributed by atoms with E-state index in [1.807, 2.05) is 20.8 Å². The number of carbonyl (C=O) groups is 1. The Morgan fingerprint density at radius 1 is 1.30 bits per heavy atom. The number of nitrogens with zero attached hydrogens (tertiary/aromatic N) is 4. The van der Waals surface area contributed by atoms with Crippen LogP contribution in [0.2, 0.25) is 0 Å². The van der Waals surface area contributed by atoms with Gasteiger partial charge in [0, 0.05) is 40.7 Å². The number of rotatable bonds is 2. The van der Waals surface area contributed by atoms with Gasteiger partial charge in [-0.15, -0.1) is 0 Å². The standard InChI is InChI=1S/C21H23FN4O3S/c1-20(2,3)26(19(27)28)18-25-21(11-29-9-15(21)10-30-18)16-6-13(4-5-17(16)22)14-7-23-12-24-8-14/h4-8,12,15H,9-11H2,1-3H3,(H,27,28). The fourth-order valence-corrected chi connectivity index (χ4v) is 5.34. The smallest absolute Gasteiger partial charge is 0.413 e. The second kappa shape index (κ2) is 7.63. The minimum atomic E-state index is -1.09. The minimum absolute atomic E-state index is 0.0568. The van der Waals surface area contributed by atoms with Gasteiger partial charge in [0.25, 0.3) is 0 Å². The lowest BCUT2D eigenvalue weighted by molar-refractivity contribution is 0.140. The molecule has 0 spiro atoms. The molecule has 1 amide bonds. The topological polar surface area (TPSA) is 87.9 Å². The van der Waals surface area contributed by atoms with Crippen molar-refractivity contribution in [1.29, 1.82) is 0 Å². The first-order valence-electron chi connectivity index (χ1n) is 9.61. The summed E-state index contributed by atoms with van der Waals surface area (Å²) in [6, 6.07) is 4.85. The summed E-state index contributed by atoms with van der Waals surface area (Å²) in [5.74, 6) is 0.147. The van der Waals surface area contributed by atoms with Crippen LogP contribution in [-0.2, 0) is 10.3 Å². The van der Waals surface area contributed by atoms with Crippen molar-refractivity contribution < 1.29 is 19.0 Å². The largest absolute Gasteiger partial charge is 0.465 e. The molecule has 30 heavy (non-hydrogen) atoms. The number of hydrogen-bond acceptors (Lipinski definition) is 6. The molecule has 1 aromatic heterocycles. The maximum Gasteiger partial charge on any atom is 0.413 e. The highest BCUT2D eigenvalue weighted by molar-refractivity contribution is 8.13. The molecule has 0 radical (unpaired) electrons. The van der Waals surface area contributed by atoms with E-state index < -0.39 is 23.0 Å². The highest BCUT2D eigenvalue weighted by Gasteiger charge is 2.51. The van der Waals surface area contributed by atoms with Gasteiger partial charge in [-0.3, -0.25) is 4.90 Å². The summed E-state index contributed by atoms with van der Waals surface area (Å²) in [4.78, 5) is 26.2. The lowest BCUT2D eigenvalue weighted by Crippen LogP contribution is -2.51. The summed E-state index contributed by atoms with van der Waals surface area (Å²) in [6.45, 7) is 6.08. The molecule has 7 nitrogen and oxygen atoms in total. The number of amides is 1. The van der Waals surface area contributed by atoms with Gasteiger partial charge in [-0.1, -0.05) is 17.8 Å². The van der Waals surface area contributed by atoms with E-state index in [-0.39, 0.29) is 12.5 Å². The summed E-state index contributed by atoms with van der Waals surface area (Å²) in [7, 11) is 0. The van der Waals surface area contributed by atoms with Crippen LogP contribution in [-0.4, -0.2) is 55.7 Å². The van der Waals surface area contributed by atoms with Crippen molar-refractivity contribution in [3.05, 3.63) is 48.3 Å². The zero-order valence-corrected chi connectivity index (χ0v) is 17.8. The monoisotopic (exact) mass is 430 g/mol. The first-order valence-corrected chi connectivity index (χ1v) is 10.6. The predicted octanol–water partition coefficient (Wildman–Crippen LogP) is 4.01. The van der Waals surface area contributed by atoms with Crippen molar-refractivity contribution in [3.8, 4) is 11.1 Å². The number of aliphatic imine (C=N–C) groups is 1. The molecule has 0 saturated carbocycles. The Kier molecular flexibility index (Phi) is 5.27. The number of fused-ring (bicyclic) bond motifs is 1. The molecule has 1 N–H and O–H groups in total. The summed E-state index contributed by atoms with van der Waals surface area (Å²) in [6.07, 6.45) is 3.69. The first kappa shape index (κ1) is 20.7. The van der Waals surface area contributed by atoms with Crippen LogP contribution in [0.4, 0.5) is 9.18 Å². The van der Waals surface area contributed by atoms with Gasteiger partial charge < -0.3 is 9.84 Å². The number of thioether (sulfide) groups is 1. The average Bonchev–Trinajstić information content (AvgIpc) is 3.12. The van der Waals surface area contributed by atoms with Crippen LogP contribution in [0.15, 0.2) is 41.9 Å². The number of amidine groups is 1. The third kappa shape index (κ3) is 3.56. The molecule has 1 saturated heterocycles. The molecule has 2 aliphatic heterocycles. The number of ether oxygens (including phenoxy) is 1. The van der Waals surface area contributed by atoms with Crippen LogP contribution in [0.5, 0.6) is 0 Å². The van der Waals surface area contributed by atoms with E-state index in [4.69, 9.17) is 9.73 Å². The lowest BCUT2D eigenvalue weighted by atomic mass is 9.80. The van der Waals surface area contributed by atoms with Crippen molar-refractivity contribution in [2.45, 2.75) is 31.8 Å². The molecule has 1 fully saturated rings. The third-order valence-corrected chi connectivity index (χ3v) is 6.51. The summed E-state index contributed by atoms with van der Waals surface area (Å²) in [5, 5.41) is 10.2.